The molecule has 37 heavy (non-hydrogen) atoms. The monoisotopic (exact) mass is 571 g/mol. The van der Waals surface area contributed by atoms with Gasteiger partial charge in [0, 0.05) is 29.2 Å². The number of halogens is 2. The van der Waals surface area contributed by atoms with Gasteiger partial charge in [0.25, 0.3) is 0 Å². The number of anilines is 1. The number of carbonyl (C=O) groups is 2. The maximum absolute atomic E-state index is 13.6. The molecule has 3 rings (SSSR count). The van der Waals surface area contributed by atoms with E-state index in [9.17, 15) is 18.0 Å². The fourth-order valence-electron chi connectivity index (χ4n) is 3.67. The molecule has 9 nitrogen and oxygen atoms in total. The molecule has 0 fully saturated rings. The minimum Gasteiger partial charge on any atom is -0.486 e. The molecule has 1 heterocycles. The normalized spacial score (nSPS) is 13.7. The SMILES string of the molecule is CC(C)CNC(=O)C(C)N(Cc1ccc(Cl)cc1Cl)C(=O)CN(c1ccc2c(c1)OCCO2)S(C)(=O)=O. The Morgan fingerprint density at radius 1 is 1.03 bits per heavy atom. The van der Waals surface area contributed by atoms with Crippen molar-refractivity contribution in [1.82, 2.24) is 10.2 Å². The maximum Gasteiger partial charge on any atom is 0.244 e. The lowest BCUT2D eigenvalue weighted by atomic mass is 10.1. The number of hydrogen-bond donors (Lipinski definition) is 1. The summed E-state index contributed by atoms with van der Waals surface area (Å²) in [4.78, 5) is 27.9. The second-order valence-electron chi connectivity index (χ2n) is 9.17. The Bertz CT molecular complexity index is 1250. The smallest absolute Gasteiger partial charge is 0.244 e. The Morgan fingerprint density at radius 3 is 2.32 bits per heavy atom. The van der Waals surface area contributed by atoms with Gasteiger partial charge in [-0.15, -0.1) is 0 Å². The van der Waals surface area contributed by atoms with Crippen LogP contribution in [0, 0.1) is 5.92 Å². The standard InChI is InChI=1S/C25H31Cl2N3O6S/c1-16(2)13-28-25(32)17(3)29(14-18-5-6-19(26)11-21(18)27)24(31)15-30(37(4,33)34)20-7-8-22-23(12-20)36-10-9-35-22/h5-8,11-12,16-17H,9-10,13-15H2,1-4H3,(H,28,32). The quantitative estimate of drug-likeness (QED) is 0.466. The zero-order valence-corrected chi connectivity index (χ0v) is 23.5. The fourth-order valence-corrected chi connectivity index (χ4v) is 4.98. The summed E-state index contributed by atoms with van der Waals surface area (Å²) < 4.78 is 37.6. The van der Waals surface area contributed by atoms with Crippen molar-refractivity contribution in [3.8, 4) is 11.5 Å². The van der Waals surface area contributed by atoms with Crippen LogP contribution < -0.4 is 19.1 Å². The van der Waals surface area contributed by atoms with Crippen LogP contribution in [-0.4, -0.2) is 63.7 Å². The Balaban J connectivity index is 1.92. The van der Waals surface area contributed by atoms with Crippen molar-refractivity contribution >= 4 is 50.7 Å². The molecule has 12 heteroatoms. The van der Waals surface area contributed by atoms with Crippen molar-refractivity contribution in [2.45, 2.75) is 33.4 Å². The molecule has 1 atom stereocenters. The number of hydrogen-bond acceptors (Lipinski definition) is 6. The zero-order valence-electron chi connectivity index (χ0n) is 21.2. The number of sulfonamides is 1. The van der Waals surface area contributed by atoms with E-state index in [4.69, 9.17) is 32.7 Å². The van der Waals surface area contributed by atoms with Gasteiger partial charge in [-0.1, -0.05) is 43.1 Å². The lowest BCUT2D eigenvalue weighted by Crippen LogP contribution is -2.51. The molecule has 0 radical (unpaired) electrons. The van der Waals surface area contributed by atoms with Crippen molar-refractivity contribution in [2.24, 2.45) is 5.92 Å². The first-order valence-electron chi connectivity index (χ1n) is 11.7. The average molecular weight is 573 g/mol. The van der Waals surface area contributed by atoms with Crippen LogP contribution >= 0.6 is 23.2 Å². The van der Waals surface area contributed by atoms with E-state index in [1.165, 1.54) is 11.0 Å². The lowest BCUT2D eigenvalue weighted by molar-refractivity contribution is -0.139. The van der Waals surface area contributed by atoms with Crippen LogP contribution in [0.2, 0.25) is 10.0 Å². The molecule has 1 unspecified atom stereocenters. The Kier molecular flexibility index (Phi) is 9.55. The summed E-state index contributed by atoms with van der Waals surface area (Å²) in [5, 5.41) is 3.58. The Labute approximate surface area is 227 Å². The van der Waals surface area contributed by atoms with Crippen LogP contribution in [0.1, 0.15) is 26.3 Å². The largest absolute Gasteiger partial charge is 0.486 e. The molecule has 202 valence electrons. The Hall–Kier alpha value is -2.69. The van der Waals surface area contributed by atoms with Crippen LogP contribution in [-0.2, 0) is 26.2 Å². The van der Waals surface area contributed by atoms with Crippen LogP contribution in [0.25, 0.3) is 0 Å². The molecule has 0 aliphatic carbocycles. The number of carbonyl (C=O) groups excluding carboxylic acids is 2. The van der Waals surface area contributed by atoms with Gasteiger partial charge in [0.2, 0.25) is 21.8 Å². The van der Waals surface area contributed by atoms with E-state index in [1.54, 1.807) is 37.3 Å². The fraction of sp³-hybridized carbons (Fsp3) is 0.440. The summed E-state index contributed by atoms with van der Waals surface area (Å²) in [6.45, 7) is 6.09. The molecule has 1 aliphatic heterocycles. The third-order valence-corrected chi connectivity index (χ3v) is 7.43. The number of nitrogens with one attached hydrogen (secondary N) is 1. The van der Waals surface area contributed by atoms with Gasteiger partial charge in [-0.05, 0) is 42.7 Å². The highest BCUT2D eigenvalue weighted by Crippen LogP contribution is 2.35. The molecule has 1 aliphatic rings. The number of nitrogens with zero attached hydrogens (tertiary/aromatic N) is 2. The summed E-state index contributed by atoms with van der Waals surface area (Å²) in [5.74, 6) is 0.137. The highest BCUT2D eigenvalue weighted by atomic mass is 35.5. The zero-order chi connectivity index (χ0) is 27.3. The molecular formula is C25H31Cl2N3O6S. The first kappa shape index (κ1) is 28.9. The highest BCUT2D eigenvalue weighted by Gasteiger charge is 2.31. The Morgan fingerprint density at radius 2 is 1.70 bits per heavy atom. The van der Waals surface area contributed by atoms with E-state index in [0.717, 1.165) is 10.6 Å². The van der Waals surface area contributed by atoms with Gasteiger partial charge >= 0.3 is 0 Å². The van der Waals surface area contributed by atoms with E-state index < -0.39 is 28.5 Å². The number of rotatable bonds is 10. The molecule has 2 amide bonds. The topological polar surface area (TPSA) is 105 Å². The van der Waals surface area contributed by atoms with Crippen LogP contribution in [0.4, 0.5) is 5.69 Å². The number of benzene rings is 2. The number of ether oxygens (including phenoxy) is 2. The molecule has 0 bridgehead atoms. The van der Waals surface area contributed by atoms with E-state index in [0.29, 0.717) is 46.9 Å². The first-order chi connectivity index (χ1) is 17.4. The van der Waals surface area contributed by atoms with E-state index in [1.807, 2.05) is 13.8 Å². The van der Waals surface area contributed by atoms with Crippen molar-refractivity contribution in [3.63, 3.8) is 0 Å². The lowest BCUT2D eigenvalue weighted by Gasteiger charge is -2.32. The van der Waals surface area contributed by atoms with Gasteiger partial charge in [-0.3, -0.25) is 13.9 Å². The molecule has 2 aromatic carbocycles. The first-order valence-corrected chi connectivity index (χ1v) is 14.4. The van der Waals surface area contributed by atoms with Crippen LogP contribution in [0.15, 0.2) is 36.4 Å². The molecule has 0 spiro atoms. The van der Waals surface area contributed by atoms with Gasteiger partial charge in [0.1, 0.15) is 25.8 Å². The van der Waals surface area contributed by atoms with E-state index in [2.05, 4.69) is 5.32 Å². The van der Waals surface area contributed by atoms with Crippen molar-refractivity contribution < 1.29 is 27.5 Å². The van der Waals surface area contributed by atoms with Gasteiger partial charge in [-0.2, -0.15) is 0 Å². The highest BCUT2D eigenvalue weighted by molar-refractivity contribution is 7.92. The van der Waals surface area contributed by atoms with Gasteiger partial charge in [0.05, 0.1) is 11.9 Å². The molecule has 0 saturated heterocycles. The van der Waals surface area contributed by atoms with Crippen molar-refractivity contribution in [2.75, 3.05) is 36.9 Å². The van der Waals surface area contributed by atoms with Gasteiger partial charge < -0.3 is 19.7 Å². The second-order valence-corrected chi connectivity index (χ2v) is 11.9. The molecule has 0 saturated carbocycles. The van der Waals surface area contributed by atoms with E-state index >= 15 is 0 Å². The molecule has 0 aromatic heterocycles. The summed E-state index contributed by atoms with van der Waals surface area (Å²) >= 11 is 12.4. The number of amides is 2. The summed E-state index contributed by atoms with van der Waals surface area (Å²) in [6, 6.07) is 8.59. The molecule has 1 N–H and O–H groups in total. The van der Waals surface area contributed by atoms with Crippen LogP contribution in [0.5, 0.6) is 11.5 Å². The summed E-state index contributed by atoms with van der Waals surface area (Å²) in [5.41, 5.74) is 0.801. The van der Waals surface area contributed by atoms with Crippen molar-refractivity contribution in [1.29, 1.82) is 0 Å². The molecular weight excluding hydrogens is 541 g/mol. The van der Waals surface area contributed by atoms with Gasteiger partial charge in [-0.25, -0.2) is 8.42 Å². The minimum atomic E-state index is -3.88. The summed E-state index contributed by atoms with van der Waals surface area (Å²) in [7, 11) is -3.88. The minimum absolute atomic E-state index is 0.0240. The van der Waals surface area contributed by atoms with E-state index in [-0.39, 0.29) is 24.1 Å². The third-order valence-electron chi connectivity index (χ3n) is 5.70. The second kappa shape index (κ2) is 12.2. The van der Waals surface area contributed by atoms with Crippen LogP contribution in [0.3, 0.4) is 0 Å². The van der Waals surface area contributed by atoms with Crippen molar-refractivity contribution in [3.05, 3.63) is 52.0 Å². The predicted octanol–water partition coefficient (Wildman–Crippen LogP) is 3.72. The summed E-state index contributed by atoms with van der Waals surface area (Å²) in [6.07, 6.45) is 1.01. The maximum atomic E-state index is 13.6. The number of fused-ring (bicyclic) bond motifs is 1. The molecule has 2 aromatic rings. The average Bonchev–Trinajstić information content (AvgIpc) is 2.83. The predicted molar refractivity (Wildman–Crippen MR) is 144 cm³/mol. The van der Waals surface area contributed by atoms with Gasteiger partial charge in [0.15, 0.2) is 11.5 Å². The third kappa shape index (κ3) is 7.66.